The SMILES string of the molecule is Cc1c2c3cc(C(C)(C)C)cc4c5c6c(c(-c7ccccc7)cc5n(c2c(C)c2c5cc(C(C)(C)C)cc7c8c9c(c(-c%10ccccc%10)cc8n(c12)c75)C1c2ccccc2C9c2ccccc21)c43)C1c2ccccc2C6c2ccccc21. The van der Waals surface area contributed by atoms with Gasteiger partial charge in [0.05, 0.1) is 33.1 Å². The van der Waals surface area contributed by atoms with Crippen LogP contribution in [0.3, 0.4) is 0 Å². The van der Waals surface area contributed by atoms with Crippen molar-refractivity contribution in [3.05, 3.63) is 283 Å². The molecule has 0 N–H and O–H groups in total. The molecule has 6 aliphatic rings. The van der Waals surface area contributed by atoms with E-state index in [9.17, 15) is 0 Å². The number of benzene rings is 11. The molecule has 0 unspecified atom stereocenters. The van der Waals surface area contributed by atoms with Crippen LogP contribution in [0.15, 0.2) is 194 Å². The normalized spacial score (nSPS) is 17.8. The van der Waals surface area contributed by atoms with E-state index >= 15 is 0 Å². The Balaban J connectivity index is 1.02. The molecule has 0 fully saturated rings. The third-order valence-corrected chi connectivity index (χ3v) is 20.9. The van der Waals surface area contributed by atoms with Crippen molar-refractivity contribution in [2.45, 2.75) is 89.9 Å². The second-order valence-electron chi connectivity index (χ2n) is 27.0. The van der Waals surface area contributed by atoms with Gasteiger partial charge < -0.3 is 8.80 Å². The summed E-state index contributed by atoms with van der Waals surface area (Å²) >= 11 is 0. The van der Waals surface area contributed by atoms with Gasteiger partial charge in [-0.15, -0.1) is 0 Å². The lowest BCUT2D eigenvalue weighted by Gasteiger charge is -2.43. The van der Waals surface area contributed by atoms with E-state index in [4.69, 9.17) is 0 Å². The highest BCUT2D eigenvalue weighted by atomic mass is 14.9. The molecule has 15 aromatic rings. The topological polar surface area (TPSA) is 8.82 Å². The molecule has 2 nitrogen and oxygen atoms in total. The molecule has 390 valence electrons. The van der Waals surface area contributed by atoms with Crippen molar-refractivity contribution in [1.29, 1.82) is 0 Å². The van der Waals surface area contributed by atoms with E-state index in [-0.39, 0.29) is 34.5 Å². The van der Waals surface area contributed by atoms with Crippen LogP contribution >= 0.6 is 0 Å². The van der Waals surface area contributed by atoms with Crippen LogP contribution in [0.25, 0.3) is 98.4 Å². The molecule has 0 amide bonds. The monoisotopic (exact) mass is 1050 g/mol. The predicted octanol–water partition coefficient (Wildman–Crippen LogP) is 20.5. The van der Waals surface area contributed by atoms with Crippen molar-refractivity contribution in [3.63, 3.8) is 0 Å². The summed E-state index contributed by atoms with van der Waals surface area (Å²) in [6, 6.07) is 75.9. The van der Waals surface area contributed by atoms with Crippen LogP contribution in [0.1, 0.15) is 154 Å². The fraction of sp³-hybridized carbons (Fsp3) is 0.175. The second kappa shape index (κ2) is 15.1. The van der Waals surface area contributed by atoms with Gasteiger partial charge in [-0.1, -0.05) is 199 Å². The minimum Gasteiger partial charge on any atom is -0.308 e. The van der Waals surface area contributed by atoms with Gasteiger partial charge >= 0.3 is 0 Å². The van der Waals surface area contributed by atoms with E-state index < -0.39 is 0 Å². The lowest BCUT2D eigenvalue weighted by Crippen LogP contribution is -2.28. The van der Waals surface area contributed by atoms with Crippen molar-refractivity contribution < 1.29 is 0 Å². The molecule has 82 heavy (non-hydrogen) atoms. The maximum atomic E-state index is 2.77. The van der Waals surface area contributed by atoms with E-state index in [1.54, 1.807) is 0 Å². The molecule has 0 atom stereocenters. The van der Waals surface area contributed by atoms with Crippen LogP contribution in [-0.2, 0) is 10.8 Å². The van der Waals surface area contributed by atoms with E-state index in [0.717, 1.165) is 0 Å². The third kappa shape index (κ3) is 5.35. The summed E-state index contributed by atoms with van der Waals surface area (Å²) in [4.78, 5) is 0. The van der Waals surface area contributed by atoms with Crippen molar-refractivity contribution >= 4 is 76.2 Å². The summed E-state index contributed by atoms with van der Waals surface area (Å²) in [6.07, 6.45) is 0. The van der Waals surface area contributed by atoms with Gasteiger partial charge in [-0.3, -0.25) is 0 Å². The number of rotatable bonds is 2. The molecular weight excluding hydrogens is 989 g/mol. The summed E-state index contributed by atoms with van der Waals surface area (Å²) in [5.74, 6) is 0.482. The molecule has 0 saturated heterocycles. The van der Waals surface area contributed by atoms with Crippen LogP contribution in [0, 0.1) is 13.8 Å². The average molecular weight is 1050 g/mol. The van der Waals surface area contributed by atoms with Gasteiger partial charge in [-0.25, -0.2) is 0 Å². The second-order valence-corrected chi connectivity index (χ2v) is 27.0. The fourth-order valence-corrected chi connectivity index (χ4v) is 17.6. The Morgan fingerprint density at radius 2 is 0.561 bits per heavy atom. The van der Waals surface area contributed by atoms with E-state index in [0.29, 0.717) is 0 Å². The van der Waals surface area contributed by atoms with Gasteiger partial charge in [0.1, 0.15) is 0 Å². The number of aryl methyl sites for hydroxylation is 2. The Hall–Kier alpha value is -8.98. The lowest BCUT2D eigenvalue weighted by molar-refractivity contribution is 0.591. The van der Waals surface area contributed by atoms with Gasteiger partial charge in [0, 0.05) is 66.8 Å². The Kier molecular flexibility index (Phi) is 8.43. The zero-order valence-electron chi connectivity index (χ0n) is 47.7. The van der Waals surface area contributed by atoms with Crippen molar-refractivity contribution in [2.24, 2.45) is 0 Å². The molecular formula is C80H60N2. The van der Waals surface area contributed by atoms with Crippen LogP contribution < -0.4 is 0 Å². The summed E-state index contributed by atoms with van der Waals surface area (Å²) in [7, 11) is 0. The average Bonchev–Trinajstić information content (AvgIpc) is 1.43. The molecule has 0 radical (unpaired) electrons. The molecule has 4 aromatic heterocycles. The van der Waals surface area contributed by atoms with Gasteiger partial charge in [0.2, 0.25) is 0 Å². The summed E-state index contributed by atoms with van der Waals surface area (Å²) in [5.41, 5.74) is 36.1. The Bertz CT molecular complexity index is 4940. The molecule has 0 aliphatic heterocycles. The number of fused-ring (bicyclic) bond motifs is 12. The largest absolute Gasteiger partial charge is 0.308 e. The van der Waals surface area contributed by atoms with E-state index in [1.807, 2.05) is 0 Å². The first-order valence-electron chi connectivity index (χ1n) is 29.9. The number of hydrogen-bond donors (Lipinski definition) is 0. The predicted molar refractivity (Wildman–Crippen MR) is 343 cm³/mol. The van der Waals surface area contributed by atoms with Gasteiger partial charge in [-0.2, -0.15) is 0 Å². The van der Waals surface area contributed by atoms with Gasteiger partial charge in [-0.05, 0) is 172 Å². The minimum atomic E-state index is -0.101. The summed E-state index contributed by atoms with van der Waals surface area (Å²) in [6.45, 7) is 19.4. The minimum absolute atomic E-state index is 0.101. The highest BCUT2D eigenvalue weighted by molar-refractivity contribution is 6.33. The first-order valence-corrected chi connectivity index (χ1v) is 29.9. The van der Waals surface area contributed by atoms with Gasteiger partial charge in [0.25, 0.3) is 0 Å². The van der Waals surface area contributed by atoms with Crippen molar-refractivity contribution in [2.75, 3.05) is 0 Å². The molecule has 11 aromatic carbocycles. The van der Waals surface area contributed by atoms with Crippen LogP contribution in [0.2, 0.25) is 0 Å². The first kappa shape index (κ1) is 45.7. The van der Waals surface area contributed by atoms with Crippen molar-refractivity contribution in [3.8, 4) is 22.3 Å². The van der Waals surface area contributed by atoms with Crippen LogP contribution in [0.5, 0.6) is 0 Å². The summed E-state index contributed by atoms with van der Waals surface area (Å²) < 4.78 is 5.53. The molecule has 4 bridgehead atoms. The molecule has 21 rings (SSSR count). The smallest absolute Gasteiger partial charge is 0.0621 e. The maximum Gasteiger partial charge on any atom is 0.0621 e. The standard InChI is InChI=1S/C80H60N2/c1-41-63-57-35-45(79(3,4)5)37-59-70-62(40-56(44-25-13-10-14-26-44)72-66-49-29-17-21-33-53(49)68(74(70)72)54-34-22-18-30-50(54)66)82(77(57)59)76(63)42(2)64-58-36-46(80(6,7)8)38-60-69-61(81(75(41)64)78(58)60)39-55(43-23-11-9-12-24-43)71-65-47-27-15-19-31-51(47)67(73(69)71)52-32-20-16-28-48(52)65/h9-40,65-68H,1-8H3. The first-order chi connectivity index (χ1) is 39.9. The number of aromatic nitrogens is 2. The van der Waals surface area contributed by atoms with Crippen LogP contribution in [0.4, 0.5) is 0 Å². The van der Waals surface area contributed by atoms with Crippen molar-refractivity contribution in [1.82, 2.24) is 8.80 Å². The molecule has 4 heterocycles. The number of nitrogens with zero attached hydrogens (tertiary/aromatic N) is 2. The molecule has 0 saturated carbocycles. The molecule has 2 heteroatoms. The Morgan fingerprint density at radius 3 is 0.854 bits per heavy atom. The van der Waals surface area contributed by atoms with Gasteiger partial charge in [0.15, 0.2) is 0 Å². The number of hydrogen-bond acceptors (Lipinski definition) is 0. The zero-order valence-corrected chi connectivity index (χ0v) is 47.7. The highest BCUT2D eigenvalue weighted by Crippen LogP contribution is 2.64. The molecule has 0 spiro atoms. The Labute approximate surface area is 477 Å². The fourth-order valence-electron chi connectivity index (χ4n) is 17.6. The highest BCUT2D eigenvalue weighted by Gasteiger charge is 2.47. The zero-order chi connectivity index (χ0) is 54.7. The van der Waals surface area contributed by atoms with E-state index in [1.165, 1.54) is 187 Å². The van der Waals surface area contributed by atoms with E-state index in [2.05, 4.69) is 258 Å². The molecule has 6 aliphatic carbocycles. The lowest BCUT2D eigenvalue weighted by atomic mass is 9.59. The Morgan fingerprint density at radius 1 is 0.293 bits per heavy atom. The van der Waals surface area contributed by atoms with Crippen LogP contribution in [-0.4, -0.2) is 8.80 Å². The quantitative estimate of drug-likeness (QED) is 0.163. The third-order valence-electron chi connectivity index (χ3n) is 20.9. The maximum absolute atomic E-state index is 2.77. The summed E-state index contributed by atoms with van der Waals surface area (Å²) in [5, 5.41) is 11.1.